The van der Waals surface area contributed by atoms with Gasteiger partial charge in [-0.2, -0.15) is 0 Å². The van der Waals surface area contributed by atoms with E-state index < -0.39 is 11.8 Å². The molecule has 0 radical (unpaired) electrons. The van der Waals surface area contributed by atoms with E-state index in [1.54, 1.807) is 24.3 Å². The van der Waals surface area contributed by atoms with Crippen molar-refractivity contribution in [1.29, 1.82) is 0 Å². The largest absolute Gasteiger partial charge is 0.483 e. The highest BCUT2D eigenvalue weighted by Crippen LogP contribution is 2.29. The number of carbonyl (C=O) groups excluding carboxylic acids is 2. The van der Waals surface area contributed by atoms with Crippen LogP contribution in [0.15, 0.2) is 72.8 Å². The molecule has 29 heavy (non-hydrogen) atoms. The number of nitrogens with one attached hydrogen (secondary N) is 2. The Labute approximate surface area is 178 Å². The summed E-state index contributed by atoms with van der Waals surface area (Å²) in [6, 6.07) is 22.1. The summed E-state index contributed by atoms with van der Waals surface area (Å²) in [6.45, 7) is -0.253. The van der Waals surface area contributed by atoms with Crippen LogP contribution in [0.1, 0.15) is 5.56 Å². The maximum absolute atomic E-state index is 12.1. The van der Waals surface area contributed by atoms with Gasteiger partial charge in [0.05, 0.1) is 6.42 Å². The Kier molecular flexibility index (Phi) is 7.11. The van der Waals surface area contributed by atoms with Crippen LogP contribution in [0.3, 0.4) is 0 Å². The lowest BCUT2D eigenvalue weighted by Gasteiger charge is -2.12. The SMILES string of the molecule is O=C(COc1ccccc1-c1ccccc1)NNC(=O)Cc1c(Cl)cccc1Cl. The predicted molar refractivity (Wildman–Crippen MR) is 114 cm³/mol. The first-order chi connectivity index (χ1) is 14.0. The molecule has 0 bridgehead atoms. The maximum atomic E-state index is 12.1. The van der Waals surface area contributed by atoms with E-state index in [2.05, 4.69) is 10.9 Å². The van der Waals surface area contributed by atoms with Crippen molar-refractivity contribution >= 4 is 35.0 Å². The summed E-state index contributed by atoms with van der Waals surface area (Å²) in [6.07, 6.45) is -0.0590. The molecule has 5 nitrogen and oxygen atoms in total. The Morgan fingerprint density at radius 1 is 0.759 bits per heavy atom. The predicted octanol–water partition coefficient (Wildman–Crippen LogP) is 4.43. The van der Waals surface area contributed by atoms with Gasteiger partial charge in [0.1, 0.15) is 5.75 Å². The molecule has 3 rings (SSSR count). The van der Waals surface area contributed by atoms with Crippen molar-refractivity contribution < 1.29 is 14.3 Å². The second kappa shape index (κ2) is 9.96. The highest BCUT2D eigenvalue weighted by atomic mass is 35.5. The zero-order valence-corrected chi connectivity index (χ0v) is 16.8. The third kappa shape index (κ3) is 5.73. The van der Waals surface area contributed by atoms with E-state index in [9.17, 15) is 9.59 Å². The van der Waals surface area contributed by atoms with Crippen LogP contribution >= 0.6 is 23.2 Å². The van der Waals surface area contributed by atoms with Gasteiger partial charge >= 0.3 is 0 Å². The van der Waals surface area contributed by atoms with Gasteiger partial charge in [-0.15, -0.1) is 0 Å². The molecular weight excluding hydrogens is 411 g/mol. The Bertz CT molecular complexity index is 990. The normalized spacial score (nSPS) is 10.3. The molecule has 3 aromatic carbocycles. The van der Waals surface area contributed by atoms with Crippen molar-refractivity contribution in [3.8, 4) is 16.9 Å². The second-order valence-electron chi connectivity index (χ2n) is 6.12. The molecule has 0 fully saturated rings. The molecule has 2 N–H and O–H groups in total. The van der Waals surface area contributed by atoms with Gasteiger partial charge in [-0.3, -0.25) is 20.4 Å². The highest BCUT2D eigenvalue weighted by Gasteiger charge is 2.12. The zero-order chi connectivity index (χ0) is 20.6. The molecule has 0 aliphatic rings. The molecule has 3 aromatic rings. The number of carbonyl (C=O) groups is 2. The Balaban J connectivity index is 1.53. The van der Waals surface area contributed by atoms with Gasteiger partial charge in [-0.05, 0) is 29.3 Å². The summed E-state index contributed by atoms with van der Waals surface area (Å²) in [5, 5.41) is 0.777. The molecule has 0 aliphatic carbocycles. The smallest absolute Gasteiger partial charge is 0.276 e. The monoisotopic (exact) mass is 428 g/mol. The molecular formula is C22H18Cl2N2O3. The van der Waals surface area contributed by atoms with Crippen molar-refractivity contribution in [3.05, 3.63) is 88.4 Å². The summed E-state index contributed by atoms with van der Waals surface area (Å²) in [5.74, 6) is -0.368. The minimum atomic E-state index is -0.494. The number of amides is 2. The van der Waals surface area contributed by atoms with Crippen LogP contribution in [0.4, 0.5) is 0 Å². The van der Waals surface area contributed by atoms with Crippen LogP contribution in [0.5, 0.6) is 5.75 Å². The lowest BCUT2D eigenvalue weighted by atomic mass is 10.1. The fourth-order valence-electron chi connectivity index (χ4n) is 2.67. The van der Waals surface area contributed by atoms with E-state index in [-0.39, 0.29) is 13.0 Å². The van der Waals surface area contributed by atoms with Gasteiger partial charge < -0.3 is 4.74 Å². The van der Waals surface area contributed by atoms with Crippen molar-refractivity contribution in [1.82, 2.24) is 10.9 Å². The first kappa shape index (κ1) is 20.7. The van der Waals surface area contributed by atoms with E-state index in [1.165, 1.54) is 0 Å². The van der Waals surface area contributed by atoms with Gasteiger partial charge in [0.25, 0.3) is 5.91 Å². The minimum absolute atomic E-state index is 0.0590. The third-order valence-electron chi connectivity index (χ3n) is 4.07. The number of ether oxygens (including phenoxy) is 1. The van der Waals surface area contributed by atoms with Crippen molar-refractivity contribution in [2.75, 3.05) is 6.61 Å². The molecule has 7 heteroatoms. The second-order valence-corrected chi connectivity index (χ2v) is 6.94. The summed E-state index contributed by atoms with van der Waals surface area (Å²) >= 11 is 12.1. The molecule has 0 unspecified atom stereocenters. The zero-order valence-electron chi connectivity index (χ0n) is 15.3. The fourth-order valence-corrected chi connectivity index (χ4v) is 3.20. The van der Waals surface area contributed by atoms with Crippen LogP contribution in [0.2, 0.25) is 10.0 Å². The van der Waals surface area contributed by atoms with Gasteiger partial charge in [0.2, 0.25) is 5.91 Å². The first-order valence-electron chi connectivity index (χ1n) is 8.82. The van der Waals surface area contributed by atoms with Crippen molar-refractivity contribution in [2.24, 2.45) is 0 Å². The Hall–Kier alpha value is -3.02. The van der Waals surface area contributed by atoms with E-state index in [0.717, 1.165) is 11.1 Å². The van der Waals surface area contributed by atoms with E-state index in [0.29, 0.717) is 21.4 Å². The van der Waals surface area contributed by atoms with Gasteiger partial charge in [0, 0.05) is 15.6 Å². The van der Waals surface area contributed by atoms with Crippen LogP contribution in [0.25, 0.3) is 11.1 Å². The number of halogens is 2. The number of hydrazine groups is 1. The molecule has 0 aromatic heterocycles. The highest BCUT2D eigenvalue weighted by molar-refractivity contribution is 6.36. The van der Waals surface area contributed by atoms with Gasteiger partial charge in [0.15, 0.2) is 6.61 Å². The van der Waals surface area contributed by atoms with Crippen molar-refractivity contribution in [3.63, 3.8) is 0 Å². The van der Waals surface area contributed by atoms with E-state index in [4.69, 9.17) is 27.9 Å². The topological polar surface area (TPSA) is 67.4 Å². The Morgan fingerprint density at radius 2 is 1.38 bits per heavy atom. The molecule has 0 saturated heterocycles. The summed E-state index contributed by atoms with van der Waals surface area (Å²) in [7, 11) is 0. The van der Waals surface area contributed by atoms with Crippen LogP contribution < -0.4 is 15.6 Å². The molecule has 148 valence electrons. The standard InChI is InChI=1S/C22H18Cl2N2O3/c23-18-10-6-11-19(24)17(18)13-21(27)25-26-22(28)14-29-20-12-5-4-9-16(20)15-7-2-1-3-8-15/h1-12H,13-14H2,(H,25,27)(H,26,28). The van der Waals surface area contributed by atoms with Crippen LogP contribution in [-0.4, -0.2) is 18.4 Å². The lowest BCUT2D eigenvalue weighted by Crippen LogP contribution is -2.44. The van der Waals surface area contributed by atoms with E-state index in [1.807, 2.05) is 48.5 Å². The Morgan fingerprint density at radius 3 is 2.10 bits per heavy atom. The quantitative estimate of drug-likeness (QED) is 0.570. The minimum Gasteiger partial charge on any atom is -0.483 e. The van der Waals surface area contributed by atoms with Crippen molar-refractivity contribution in [2.45, 2.75) is 6.42 Å². The summed E-state index contributed by atoms with van der Waals surface area (Å²) in [4.78, 5) is 24.1. The van der Waals surface area contributed by atoms with Gasteiger partial charge in [-0.1, -0.05) is 77.8 Å². The average Bonchev–Trinajstić information content (AvgIpc) is 2.74. The number of rotatable bonds is 6. The van der Waals surface area contributed by atoms with E-state index >= 15 is 0 Å². The average molecular weight is 429 g/mol. The van der Waals surface area contributed by atoms with Gasteiger partial charge in [-0.25, -0.2) is 0 Å². The molecule has 0 heterocycles. The summed E-state index contributed by atoms with van der Waals surface area (Å²) in [5.41, 5.74) is 7.00. The van der Waals surface area contributed by atoms with Crippen LogP contribution in [0, 0.1) is 0 Å². The fraction of sp³-hybridized carbons (Fsp3) is 0.0909. The molecule has 0 spiro atoms. The molecule has 2 amide bonds. The first-order valence-corrected chi connectivity index (χ1v) is 9.58. The number of benzene rings is 3. The lowest BCUT2D eigenvalue weighted by molar-refractivity contribution is -0.129. The maximum Gasteiger partial charge on any atom is 0.276 e. The third-order valence-corrected chi connectivity index (χ3v) is 4.78. The number of hydrogen-bond acceptors (Lipinski definition) is 3. The summed E-state index contributed by atoms with van der Waals surface area (Å²) < 4.78 is 5.64. The molecule has 0 aliphatic heterocycles. The number of para-hydroxylation sites is 1. The number of hydrogen-bond donors (Lipinski definition) is 2. The van der Waals surface area contributed by atoms with Crippen LogP contribution in [-0.2, 0) is 16.0 Å². The molecule has 0 saturated carbocycles. The molecule has 0 atom stereocenters.